The number of benzene rings is 2. The highest BCUT2D eigenvalue weighted by atomic mass is 16.7. The number of rotatable bonds is 5. The molecular formula is C26H36BN3O4. The van der Waals surface area contributed by atoms with E-state index < -0.39 is 12.7 Å². The molecule has 182 valence electrons. The van der Waals surface area contributed by atoms with E-state index in [4.69, 9.17) is 19.0 Å². The van der Waals surface area contributed by atoms with Crippen molar-refractivity contribution in [3.8, 4) is 0 Å². The zero-order valence-electron chi connectivity index (χ0n) is 21.6. The molecule has 0 aliphatic carbocycles. The molecule has 0 spiro atoms. The molecule has 2 heterocycles. The first-order valence-corrected chi connectivity index (χ1v) is 12.0. The first-order valence-electron chi connectivity index (χ1n) is 12.0. The highest BCUT2D eigenvalue weighted by Gasteiger charge is 2.51. The topological polar surface area (TPSA) is 76.7 Å². The highest BCUT2D eigenvalue weighted by molar-refractivity contribution is 6.62. The van der Waals surface area contributed by atoms with Crippen molar-refractivity contribution in [1.82, 2.24) is 14.9 Å². The summed E-state index contributed by atoms with van der Waals surface area (Å²) in [5.41, 5.74) is 1.50. The standard InChI is InChI=1S/C26H36BN3O4/c1-9-14-30(23(31)32-24(2,3)4)16-21-28-20-13-10-17-15-18(11-12-19(17)22(20)29-21)27-33-25(5,6)26(7,8)34-27/h10-13,15H,9,14,16H2,1-8H3,(H,28,29). The molecule has 1 aromatic heterocycles. The molecule has 4 rings (SSSR count). The van der Waals surface area contributed by atoms with E-state index in [0.29, 0.717) is 13.1 Å². The molecule has 1 aliphatic rings. The maximum Gasteiger partial charge on any atom is 0.494 e. The van der Waals surface area contributed by atoms with E-state index in [9.17, 15) is 4.79 Å². The van der Waals surface area contributed by atoms with E-state index in [2.05, 4.69) is 50.9 Å². The minimum atomic E-state index is -0.540. The van der Waals surface area contributed by atoms with Crippen LogP contribution in [0.3, 0.4) is 0 Å². The van der Waals surface area contributed by atoms with E-state index in [0.717, 1.165) is 39.5 Å². The fourth-order valence-corrected chi connectivity index (χ4v) is 4.08. The van der Waals surface area contributed by atoms with Crippen LogP contribution in [0.25, 0.3) is 21.8 Å². The zero-order valence-corrected chi connectivity index (χ0v) is 21.6. The van der Waals surface area contributed by atoms with Crippen molar-refractivity contribution in [2.75, 3.05) is 6.54 Å². The Morgan fingerprint density at radius 1 is 1.12 bits per heavy atom. The number of hydrogen-bond acceptors (Lipinski definition) is 5. The van der Waals surface area contributed by atoms with E-state index in [-0.39, 0.29) is 17.3 Å². The second-order valence-corrected chi connectivity index (χ2v) is 11.1. The molecule has 2 aromatic carbocycles. The molecule has 7 nitrogen and oxygen atoms in total. The summed E-state index contributed by atoms with van der Waals surface area (Å²) in [5.74, 6) is 0.733. The van der Waals surface area contributed by atoms with Crippen LogP contribution in [0.4, 0.5) is 4.79 Å². The summed E-state index contributed by atoms with van der Waals surface area (Å²) in [6, 6.07) is 10.3. The van der Waals surface area contributed by atoms with Crippen molar-refractivity contribution in [2.45, 2.75) is 85.2 Å². The average Bonchev–Trinajstić information content (AvgIpc) is 3.23. The lowest BCUT2D eigenvalue weighted by Crippen LogP contribution is -2.41. The van der Waals surface area contributed by atoms with Crippen LogP contribution in [0.2, 0.25) is 0 Å². The maximum absolute atomic E-state index is 12.7. The lowest BCUT2D eigenvalue weighted by molar-refractivity contribution is 0.00578. The van der Waals surface area contributed by atoms with Gasteiger partial charge in [-0.1, -0.05) is 31.2 Å². The number of nitrogens with one attached hydrogen (secondary N) is 1. The molecule has 0 saturated carbocycles. The number of nitrogens with zero attached hydrogens (tertiary/aromatic N) is 2. The van der Waals surface area contributed by atoms with Gasteiger partial charge in [0.2, 0.25) is 0 Å². The molecule has 0 atom stereocenters. The first-order chi connectivity index (χ1) is 15.8. The minimum Gasteiger partial charge on any atom is -0.444 e. The Morgan fingerprint density at radius 2 is 1.79 bits per heavy atom. The summed E-state index contributed by atoms with van der Waals surface area (Å²) in [6.45, 7) is 16.9. The number of aromatic amines is 1. The van der Waals surface area contributed by atoms with Gasteiger partial charge in [0.15, 0.2) is 0 Å². The van der Waals surface area contributed by atoms with Gasteiger partial charge in [-0.2, -0.15) is 0 Å². The molecule has 1 N–H and O–H groups in total. The summed E-state index contributed by atoms with van der Waals surface area (Å²) in [5, 5.41) is 2.11. The Bertz CT molecular complexity index is 1200. The number of hydrogen-bond donors (Lipinski definition) is 1. The molecule has 1 amide bonds. The summed E-state index contributed by atoms with van der Waals surface area (Å²) >= 11 is 0. The van der Waals surface area contributed by atoms with E-state index in [1.54, 1.807) is 4.90 Å². The molecule has 0 unspecified atom stereocenters. The van der Waals surface area contributed by atoms with Crippen LogP contribution in [0.5, 0.6) is 0 Å². The largest absolute Gasteiger partial charge is 0.494 e. The molecule has 1 fully saturated rings. The zero-order chi connectivity index (χ0) is 24.9. The summed E-state index contributed by atoms with van der Waals surface area (Å²) in [4.78, 5) is 22.6. The van der Waals surface area contributed by atoms with Gasteiger partial charge in [0.25, 0.3) is 0 Å². The molecular weight excluding hydrogens is 429 g/mol. The SMILES string of the molecule is CCCN(Cc1nc2c(ccc3cc(B4OC(C)(C)C(C)(C)O4)ccc32)[nH]1)C(=O)OC(C)(C)C. The van der Waals surface area contributed by atoms with Crippen molar-refractivity contribution >= 4 is 40.5 Å². The molecule has 3 aromatic rings. The van der Waals surface area contributed by atoms with Gasteiger partial charge in [0.1, 0.15) is 11.4 Å². The molecule has 0 bridgehead atoms. The summed E-state index contributed by atoms with van der Waals surface area (Å²) in [7, 11) is -0.406. The van der Waals surface area contributed by atoms with Gasteiger partial charge < -0.3 is 23.9 Å². The number of imidazole rings is 1. The van der Waals surface area contributed by atoms with Gasteiger partial charge in [-0.05, 0) is 71.8 Å². The Morgan fingerprint density at radius 3 is 2.41 bits per heavy atom. The van der Waals surface area contributed by atoms with Crippen molar-refractivity contribution < 1.29 is 18.8 Å². The van der Waals surface area contributed by atoms with Gasteiger partial charge in [0.05, 0.1) is 28.8 Å². The lowest BCUT2D eigenvalue weighted by Gasteiger charge is -2.32. The molecule has 1 saturated heterocycles. The Balaban J connectivity index is 1.61. The second kappa shape index (κ2) is 8.58. The molecule has 8 heteroatoms. The lowest BCUT2D eigenvalue weighted by atomic mass is 9.78. The Labute approximate surface area is 202 Å². The van der Waals surface area contributed by atoms with Crippen LogP contribution in [-0.4, -0.2) is 51.4 Å². The Hall–Kier alpha value is -2.58. The van der Waals surface area contributed by atoms with Crippen molar-refractivity contribution in [3.63, 3.8) is 0 Å². The van der Waals surface area contributed by atoms with Crippen LogP contribution >= 0.6 is 0 Å². The second-order valence-electron chi connectivity index (χ2n) is 11.1. The number of carbonyl (C=O) groups excluding carboxylic acids is 1. The van der Waals surface area contributed by atoms with E-state index in [1.807, 2.05) is 39.8 Å². The van der Waals surface area contributed by atoms with Crippen molar-refractivity contribution in [2.24, 2.45) is 0 Å². The quantitative estimate of drug-likeness (QED) is 0.527. The number of carbonyl (C=O) groups is 1. The van der Waals surface area contributed by atoms with Gasteiger partial charge in [-0.15, -0.1) is 0 Å². The number of ether oxygens (including phenoxy) is 1. The highest BCUT2D eigenvalue weighted by Crippen LogP contribution is 2.36. The van der Waals surface area contributed by atoms with Gasteiger partial charge in [0, 0.05) is 11.9 Å². The van der Waals surface area contributed by atoms with Crippen LogP contribution in [0, 0.1) is 0 Å². The Kier molecular flexibility index (Phi) is 6.19. The predicted molar refractivity (Wildman–Crippen MR) is 136 cm³/mol. The normalized spacial score (nSPS) is 17.5. The predicted octanol–water partition coefficient (Wildman–Crippen LogP) is 5.16. The van der Waals surface area contributed by atoms with Crippen molar-refractivity contribution in [1.29, 1.82) is 0 Å². The van der Waals surface area contributed by atoms with Crippen LogP contribution < -0.4 is 5.46 Å². The van der Waals surface area contributed by atoms with Crippen LogP contribution in [0.15, 0.2) is 30.3 Å². The van der Waals surface area contributed by atoms with Crippen molar-refractivity contribution in [3.05, 3.63) is 36.2 Å². The van der Waals surface area contributed by atoms with Gasteiger partial charge >= 0.3 is 13.2 Å². The summed E-state index contributed by atoms with van der Waals surface area (Å²) < 4.78 is 18.0. The fourth-order valence-electron chi connectivity index (χ4n) is 4.08. The number of fused-ring (bicyclic) bond motifs is 3. The number of H-pyrrole nitrogens is 1. The minimum absolute atomic E-state index is 0.327. The molecule has 0 radical (unpaired) electrons. The van der Waals surface area contributed by atoms with E-state index in [1.165, 1.54) is 0 Å². The third kappa shape index (κ3) is 4.79. The third-order valence-electron chi connectivity index (χ3n) is 6.55. The molecule has 1 aliphatic heterocycles. The molecule has 34 heavy (non-hydrogen) atoms. The van der Waals surface area contributed by atoms with E-state index >= 15 is 0 Å². The van der Waals surface area contributed by atoms with Crippen LogP contribution in [0.1, 0.15) is 67.6 Å². The maximum atomic E-state index is 12.7. The van der Waals surface area contributed by atoms with Gasteiger partial charge in [-0.25, -0.2) is 9.78 Å². The third-order valence-corrected chi connectivity index (χ3v) is 6.55. The number of aromatic nitrogens is 2. The summed E-state index contributed by atoms with van der Waals surface area (Å²) in [6.07, 6.45) is 0.510. The van der Waals surface area contributed by atoms with Gasteiger partial charge in [-0.3, -0.25) is 0 Å². The fraction of sp³-hybridized carbons (Fsp3) is 0.538. The van der Waals surface area contributed by atoms with Crippen LogP contribution in [-0.2, 0) is 20.6 Å². The first kappa shape index (κ1) is 24.5. The monoisotopic (exact) mass is 465 g/mol. The number of amides is 1. The smallest absolute Gasteiger partial charge is 0.444 e. The average molecular weight is 465 g/mol.